The third kappa shape index (κ3) is 2.12. The monoisotopic (exact) mass is 197 g/mol. The zero-order valence-electron chi connectivity index (χ0n) is 9.21. The Morgan fingerprint density at radius 2 is 1.79 bits per heavy atom. The summed E-state index contributed by atoms with van der Waals surface area (Å²) in [6.45, 7) is 2.29. The van der Waals surface area contributed by atoms with Crippen LogP contribution in [0, 0.1) is 5.92 Å². The molecule has 0 aromatic rings. The molecular weight excluding hydrogens is 174 g/mol. The molecule has 82 valence electrons. The quantitative estimate of drug-likeness (QED) is 0.726. The third-order valence-corrected chi connectivity index (χ3v) is 4.09. The van der Waals surface area contributed by atoms with Crippen LogP contribution in [0.3, 0.4) is 0 Å². The minimum Gasteiger partial charge on any atom is -0.392 e. The Balaban J connectivity index is 1.83. The van der Waals surface area contributed by atoms with Crippen molar-refractivity contribution in [2.45, 2.75) is 70.1 Å². The van der Waals surface area contributed by atoms with Crippen LogP contribution in [-0.4, -0.2) is 23.3 Å². The van der Waals surface area contributed by atoms with Gasteiger partial charge in [0.25, 0.3) is 0 Å². The van der Waals surface area contributed by atoms with E-state index in [1.165, 1.54) is 38.5 Å². The molecule has 0 spiro atoms. The van der Waals surface area contributed by atoms with Crippen LogP contribution < -0.4 is 5.32 Å². The van der Waals surface area contributed by atoms with Crippen molar-refractivity contribution < 1.29 is 5.11 Å². The molecule has 2 saturated carbocycles. The molecule has 4 unspecified atom stereocenters. The summed E-state index contributed by atoms with van der Waals surface area (Å²) >= 11 is 0. The third-order valence-electron chi connectivity index (χ3n) is 4.09. The molecule has 2 N–H and O–H groups in total. The molecule has 0 radical (unpaired) electrons. The van der Waals surface area contributed by atoms with Crippen LogP contribution in [0.2, 0.25) is 0 Å². The smallest absolute Gasteiger partial charge is 0.0693 e. The lowest BCUT2D eigenvalue weighted by atomic mass is 9.99. The second-order valence-electron chi connectivity index (χ2n) is 4.98. The lowest BCUT2D eigenvalue weighted by molar-refractivity contribution is 0.138. The maximum atomic E-state index is 9.75. The normalized spacial score (nSPS) is 43.3. The van der Waals surface area contributed by atoms with E-state index in [0.29, 0.717) is 12.1 Å². The van der Waals surface area contributed by atoms with Gasteiger partial charge in [-0.1, -0.05) is 19.8 Å². The van der Waals surface area contributed by atoms with E-state index >= 15 is 0 Å². The van der Waals surface area contributed by atoms with Gasteiger partial charge in [-0.2, -0.15) is 0 Å². The summed E-state index contributed by atoms with van der Waals surface area (Å²) in [5, 5.41) is 13.4. The van der Waals surface area contributed by atoms with E-state index in [1.807, 2.05) is 0 Å². The van der Waals surface area contributed by atoms with Crippen LogP contribution in [0.1, 0.15) is 51.9 Å². The molecule has 4 atom stereocenters. The fourth-order valence-electron chi connectivity index (χ4n) is 3.15. The number of rotatable bonds is 3. The SMILES string of the molecule is CCC1CCCC1NC1CCCC1O. The average Bonchev–Trinajstić information content (AvgIpc) is 2.77. The zero-order valence-corrected chi connectivity index (χ0v) is 9.21. The van der Waals surface area contributed by atoms with Crippen molar-refractivity contribution in [3.05, 3.63) is 0 Å². The van der Waals surface area contributed by atoms with Gasteiger partial charge in [0.1, 0.15) is 0 Å². The Morgan fingerprint density at radius 1 is 1.07 bits per heavy atom. The lowest BCUT2D eigenvalue weighted by Gasteiger charge is -2.25. The Morgan fingerprint density at radius 3 is 2.43 bits per heavy atom. The summed E-state index contributed by atoms with van der Waals surface area (Å²) in [6, 6.07) is 1.09. The predicted octanol–water partition coefficient (Wildman–Crippen LogP) is 2.07. The first-order chi connectivity index (χ1) is 6.81. The van der Waals surface area contributed by atoms with Crippen LogP contribution in [-0.2, 0) is 0 Å². The van der Waals surface area contributed by atoms with Gasteiger partial charge in [0.05, 0.1) is 6.10 Å². The second kappa shape index (κ2) is 4.63. The Hall–Kier alpha value is -0.0800. The average molecular weight is 197 g/mol. The minimum absolute atomic E-state index is 0.0758. The molecule has 2 fully saturated rings. The molecule has 2 aliphatic rings. The van der Waals surface area contributed by atoms with Crippen LogP contribution in [0.4, 0.5) is 0 Å². The van der Waals surface area contributed by atoms with E-state index < -0.39 is 0 Å². The number of hydrogen-bond donors (Lipinski definition) is 2. The first-order valence-electron chi connectivity index (χ1n) is 6.25. The summed E-state index contributed by atoms with van der Waals surface area (Å²) in [5.74, 6) is 0.864. The molecule has 2 rings (SSSR count). The molecule has 0 aliphatic heterocycles. The first-order valence-corrected chi connectivity index (χ1v) is 6.25. The highest BCUT2D eigenvalue weighted by atomic mass is 16.3. The first kappa shape index (κ1) is 10.4. The molecular formula is C12H23NO. The summed E-state index contributed by atoms with van der Waals surface area (Å²) in [7, 11) is 0. The highest BCUT2D eigenvalue weighted by Crippen LogP contribution is 2.30. The van der Waals surface area contributed by atoms with Crippen LogP contribution >= 0.6 is 0 Å². The van der Waals surface area contributed by atoms with E-state index in [0.717, 1.165) is 12.3 Å². The molecule has 0 aromatic carbocycles. The summed E-state index contributed by atoms with van der Waals surface area (Å²) in [5.41, 5.74) is 0. The van der Waals surface area contributed by atoms with Crippen molar-refractivity contribution in [2.24, 2.45) is 5.92 Å². The summed E-state index contributed by atoms with van der Waals surface area (Å²) < 4.78 is 0. The minimum atomic E-state index is -0.0758. The molecule has 0 aromatic heterocycles. The van der Waals surface area contributed by atoms with Crippen LogP contribution in [0.15, 0.2) is 0 Å². The van der Waals surface area contributed by atoms with Gasteiger partial charge in [0.15, 0.2) is 0 Å². The van der Waals surface area contributed by atoms with E-state index in [9.17, 15) is 5.11 Å². The fraction of sp³-hybridized carbons (Fsp3) is 1.00. The largest absolute Gasteiger partial charge is 0.392 e. The van der Waals surface area contributed by atoms with Crippen molar-refractivity contribution in [1.82, 2.24) is 5.32 Å². The molecule has 0 saturated heterocycles. The van der Waals surface area contributed by atoms with E-state index in [-0.39, 0.29) is 6.10 Å². The number of hydrogen-bond acceptors (Lipinski definition) is 2. The molecule has 2 aliphatic carbocycles. The van der Waals surface area contributed by atoms with Crippen LogP contribution in [0.25, 0.3) is 0 Å². The molecule has 0 bridgehead atoms. The van der Waals surface area contributed by atoms with Gasteiger partial charge in [0, 0.05) is 12.1 Å². The number of aliphatic hydroxyl groups excluding tert-OH is 1. The lowest BCUT2D eigenvalue weighted by Crippen LogP contribution is -2.44. The number of nitrogens with one attached hydrogen (secondary N) is 1. The highest BCUT2D eigenvalue weighted by Gasteiger charge is 2.32. The standard InChI is InChI=1S/C12H23NO/c1-2-9-5-3-6-10(9)13-11-7-4-8-12(11)14/h9-14H,2-8H2,1H3. The molecule has 2 nitrogen and oxygen atoms in total. The Labute approximate surface area is 87.1 Å². The summed E-state index contributed by atoms with van der Waals surface area (Å²) in [4.78, 5) is 0. The van der Waals surface area contributed by atoms with Crippen molar-refractivity contribution in [2.75, 3.05) is 0 Å². The van der Waals surface area contributed by atoms with Gasteiger partial charge < -0.3 is 10.4 Å². The van der Waals surface area contributed by atoms with Gasteiger partial charge in [-0.25, -0.2) is 0 Å². The fourth-order valence-corrected chi connectivity index (χ4v) is 3.15. The van der Waals surface area contributed by atoms with Gasteiger partial charge in [-0.15, -0.1) is 0 Å². The zero-order chi connectivity index (χ0) is 9.97. The topological polar surface area (TPSA) is 32.3 Å². The van der Waals surface area contributed by atoms with E-state index in [4.69, 9.17) is 0 Å². The molecule has 0 amide bonds. The Kier molecular flexibility index (Phi) is 3.45. The van der Waals surface area contributed by atoms with Gasteiger partial charge >= 0.3 is 0 Å². The highest BCUT2D eigenvalue weighted by molar-refractivity contribution is 4.90. The summed E-state index contributed by atoms with van der Waals surface area (Å²) in [6.07, 6.45) is 8.67. The van der Waals surface area contributed by atoms with Gasteiger partial charge in [-0.3, -0.25) is 0 Å². The molecule has 2 heteroatoms. The molecule has 0 heterocycles. The van der Waals surface area contributed by atoms with Gasteiger partial charge in [-0.05, 0) is 38.0 Å². The Bertz CT molecular complexity index is 183. The van der Waals surface area contributed by atoms with Crippen molar-refractivity contribution >= 4 is 0 Å². The van der Waals surface area contributed by atoms with Gasteiger partial charge in [0.2, 0.25) is 0 Å². The predicted molar refractivity (Wildman–Crippen MR) is 58.2 cm³/mol. The van der Waals surface area contributed by atoms with E-state index in [2.05, 4.69) is 12.2 Å². The van der Waals surface area contributed by atoms with E-state index in [1.54, 1.807) is 0 Å². The maximum absolute atomic E-state index is 9.75. The van der Waals surface area contributed by atoms with Crippen molar-refractivity contribution in [1.29, 1.82) is 0 Å². The second-order valence-corrected chi connectivity index (χ2v) is 4.98. The number of aliphatic hydroxyl groups is 1. The maximum Gasteiger partial charge on any atom is 0.0693 e. The van der Waals surface area contributed by atoms with Crippen molar-refractivity contribution in [3.8, 4) is 0 Å². The molecule has 14 heavy (non-hydrogen) atoms. The van der Waals surface area contributed by atoms with Crippen LogP contribution in [0.5, 0.6) is 0 Å². The van der Waals surface area contributed by atoms with Crippen molar-refractivity contribution in [3.63, 3.8) is 0 Å².